The molecule has 0 aromatic carbocycles. The molecule has 0 aliphatic carbocycles. The maximum absolute atomic E-state index is 11.9. The molecule has 1 aromatic rings. The Balaban J connectivity index is 2.46. The number of nitrogens with zero attached hydrogens (tertiary/aromatic N) is 1. The number of carbonyl (C=O) groups excluding carboxylic acids is 1. The minimum atomic E-state index is -0.0203. The summed E-state index contributed by atoms with van der Waals surface area (Å²) in [5, 5.41) is 6.10. The molecule has 0 saturated heterocycles. The molecule has 1 aromatic heterocycles. The van der Waals surface area contributed by atoms with Crippen LogP contribution in [0.2, 0.25) is 0 Å². The standard InChI is InChI=1S/C14H23N3O/c1-3-5-6-9-17-14(18)12-7-10-16-13(11-12)15-8-4-2/h7,10-11H,3-6,8-9H2,1-2H3,(H,15,16)(H,17,18). The van der Waals surface area contributed by atoms with Gasteiger partial charge in [-0.1, -0.05) is 26.7 Å². The molecule has 0 unspecified atom stereocenters. The van der Waals surface area contributed by atoms with E-state index in [0.29, 0.717) is 5.56 Å². The molecular weight excluding hydrogens is 226 g/mol. The van der Waals surface area contributed by atoms with Crippen molar-refractivity contribution in [2.45, 2.75) is 39.5 Å². The van der Waals surface area contributed by atoms with E-state index in [0.717, 1.165) is 44.6 Å². The van der Waals surface area contributed by atoms with Gasteiger partial charge in [0.1, 0.15) is 5.82 Å². The second-order valence-electron chi connectivity index (χ2n) is 4.32. The van der Waals surface area contributed by atoms with Gasteiger partial charge in [0.2, 0.25) is 0 Å². The molecule has 0 radical (unpaired) electrons. The molecule has 1 heterocycles. The van der Waals surface area contributed by atoms with Crippen LogP contribution < -0.4 is 10.6 Å². The number of carbonyl (C=O) groups is 1. The van der Waals surface area contributed by atoms with Crippen LogP contribution in [0.4, 0.5) is 5.82 Å². The van der Waals surface area contributed by atoms with Gasteiger partial charge in [0.05, 0.1) is 0 Å². The van der Waals surface area contributed by atoms with E-state index in [2.05, 4.69) is 29.5 Å². The predicted octanol–water partition coefficient (Wildman–Crippen LogP) is 2.82. The van der Waals surface area contributed by atoms with Crippen LogP contribution in [0.5, 0.6) is 0 Å². The number of anilines is 1. The highest BCUT2D eigenvalue weighted by Crippen LogP contribution is 2.06. The van der Waals surface area contributed by atoms with Gasteiger partial charge >= 0.3 is 0 Å². The Labute approximate surface area is 109 Å². The van der Waals surface area contributed by atoms with E-state index in [1.165, 1.54) is 0 Å². The zero-order valence-corrected chi connectivity index (χ0v) is 11.3. The normalized spacial score (nSPS) is 10.1. The van der Waals surface area contributed by atoms with Gasteiger partial charge in [0, 0.05) is 24.8 Å². The summed E-state index contributed by atoms with van der Waals surface area (Å²) in [6.07, 6.45) is 6.05. The lowest BCUT2D eigenvalue weighted by molar-refractivity contribution is 0.0953. The quantitative estimate of drug-likeness (QED) is 0.697. The molecule has 0 saturated carbocycles. The monoisotopic (exact) mass is 249 g/mol. The number of hydrogen-bond donors (Lipinski definition) is 2. The summed E-state index contributed by atoms with van der Waals surface area (Å²) in [7, 11) is 0. The second kappa shape index (κ2) is 8.50. The molecule has 0 atom stereocenters. The van der Waals surface area contributed by atoms with Gasteiger partial charge in [-0.05, 0) is 25.0 Å². The van der Waals surface area contributed by atoms with E-state index in [-0.39, 0.29) is 5.91 Å². The van der Waals surface area contributed by atoms with Crippen LogP contribution >= 0.6 is 0 Å². The van der Waals surface area contributed by atoms with Gasteiger partial charge in [0.15, 0.2) is 0 Å². The largest absolute Gasteiger partial charge is 0.370 e. The van der Waals surface area contributed by atoms with Crippen molar-refractivity contribution in [1.29, 1.82) is 0 Å². The minimum Gasteiger partial charge on any atom is -0.370 e. The van der Waals surface area contributed by atoms with Crippen molar-refractivity contribution in [1.82, 2.24) is 10.3 Å². The fourth-order valence-electron chi connectivity index (χ4n) is 1.60. The summed E-state index contributed by atoms with van der Waals surface area (Å²) in [5.41, 5.74) is 0.667. The number of hydrogen-bond acceptors (Lipinski definition) is 3. The Kier molecular flexibility index (Phi) is 6.84. The van der Waals surface area contributed by atoms with Gasteiger partial charge < -0.3 is 10.6 Å². The molecule has 4 nitrogen and oxygen atoms in total. The fraction of sp³-hybridized carbons (Fsp3) is 0.571. The zero-order valence-electron chi connectivity index (χ0n) is 11.3. The highest BCUT2D eigenvalue weighted by molar-refractivity contribution is 5.94. The molecular formula is C14H23N3O. The number of rotatable bonds is 8. The van der Waals surface area contributed by atoms with Crippen molar-refractivity contribution in [2.24, 2.45) is 0 Å². The first-order chi connectivity index (χ1) is 8.77. The van der Waals surface area contributed by atoms with Gasteiger partial charge in [-0.15, -0.1) is 0 Å². The number of aromatic nitrogens is 1. The maximum atomic E-state index is 11.9. The van der Waals surface area contributed by atoms with E-state index >= 15 is 0 Å². The van der Waals surface area contributed by atoms with Crippen LogP contribution in [-0.2, 0) is 0 Å². The Bertz CT molecular complexity index is 366. The third-order valence-corrected chi connectivity index (χ3v) is 2.64. The Morgan fingerprint density at radius 2 is 2.06 bits per heavy atom. The SMILES string of the molecule is CCCCCNC(=O)c1ccnc(NCCC)c1. The molecule has 0 aliphatic rings. The first-order valence-corrected chi connectivity index (χ1v) is 6.76. The van der Waals surface area contributed by atoms with E-state index in [1.807, 2.05) is 0 Å². The van der Waals surface area contributed by atoms with Crippen LogP contribution in [-0.4, -0.2) is 24.0 Å². The van der Waals surface area contributed by atoms with Crippen LogP contribution in [0.15, 0.2) is 18.3 Å². The van der Waals surface area contributed by atoms with Crippen LogP contribution in [0.1, 0.15) is 49.9 Å². The summed E-state index contributed by atoms with van der Waals surface area (Å²) >= 11 is 0. The summed E-state index contributed by atoms with van der Waals surface area (Å²) in [6.45, 7) is 5.86. The van der Waals surface area contributed by atoms with Gasteiger partial charge in [-0.2, -0.15) is 0 Å². The van der Waals surface area contributed by atoms with Gasteiger partial charge in [-0.25, -0.2) is 4.98 Å². The average Bonchev–Trinajstić information content (AvgIpc) is 2.41. The van der Waals surface area contributed by atoms with E-state index < -0.39 is 0 Å². The number of nitrogens with one attached hydrogen (secondary N) is 2. The van der Waals surface area contributed by atoms with Gasteiger partial charge in [0.25, 0.3) is 5.91 Å². The first-order valence-electron chi connectivity index (χ1n) is 6.76. The van der Waals surface area contributed by atoms with Crippen LogP contribution in [0, 0.1) is 0 Å². The maximum Gasteiger partial charge on any atom is 0.251 e. The Morgan fingerprint density at radius 1 is 1.22 bits per heavy atom. The van der Waals surface area contributed by atoms with Crippen LogP contribution in [0.3, 0.4) is 0 Å². The van der Waals surface area contributed by atoms with Crippen molar-refractivity contribution in [3.8, 4) is 0 Å². The van der Waals surface area contributed by atoms with Crippen molar-refractivity contribution >= 4 is 11.7 Å². The van der Waals surface area contributed by atoms with Crippen LogP contribution in [0.25, 0.3) is 0 Å². The summed E-state index contributed by atoms with van der Waals surface area (Å²) < 4.78 is 0. The highest BCUT2D eigenvalue weighted by atomic mass is 16.1. The van der Waals surface area contributed by atoms with Crippen molar-refractivity contribution in [3.63, 3.8) is 0 Å². The van der Waals surface area contributed by atoms with E-state index in [1.54, 1.807) is 18.3 Å². The van der Waals surface area contributed by atoms with Crippen molar-refractivity contribution in [3.05, 3.63) is 23.9 Å². The average molecular weight is 249 g/mol. The fourth-order valence-corrected chi connectivity index (χ4v) is 1.60. The Morgan fingerprint density at radius 3 is 2.78 bits per heavy atom. The highest BCUT2D eigenvalue weighted by Gasteiger charge is 2.05. The molecule has 0 bridgehead atoms. The zero-order chi connectivity index (χ0) is 13.2. The molecule has 1 rings (SSSR count). The summed E-state index contributed by atoms with van der Waals surface area (Å²) in [6, 6.07) is 3.54. The molecule has 4 heteroatoms. The third kappa shape index (κ3) is 5.17. The molecule has 18 heavy (non-hydrogen) atoms. The van der Waals surface area contributed by atoms with Crippen molar-refractivity contribution in [2.75, 3.05) is 18.4 Å². The third-order valence-electron chi connectivity index (χ3n) is 2.64. The molecule has 0 aliphatic heterocycles. The number of amides is 1. The number of pyridine rings is 1. The molecule has 0 fully saturated rings. The lowest BCUT2D eigenvalue weighted by Crippen LogP contribution is -2.24. The summed E-state index contributed by atoms with van der Waals surface area (Å²) in [5.74, 6) is 0.742. The first kappa shape index (κ1) is 14.5. The smallest absolute Gasteiger partial charge is 0.251 e. The molecule has 1 amide bonds. The predicted molar refractivity (Wildman–Crippen MR) is 74.9 cm³/mol. The van der Waals surface area contributed by atoms with Crippen molar-refractivity contribution < 1.29 is 4.79 Å². The Hall–Kier alpha value is -1.58. The van der Waals surface area contributed by atoms with E-state index in [9.17, 15) is 4.79 Å². The molecule has 100 valence electrons. The number of unbranched alkanes of at least 4 members (excludes halogenated alkanes) is 2. The molecule has 2 N–H and O–H groups in total. The molecule has 0 spiro atoms. The van der Waals surface area contributed by atoms with E-state index in [4.69, 9.17) is 0 Å². The summed E-state index contributed by atoms with van der Waals surface area (Å²) in [4.78, 5) is 16.0. The lowest BCUT2D eigenvalue weighted by atomic mass is 10.2. The second-order valence-corrected chi connectivity index (χ2v) is 4.32. The van der Waals surface area contributed by atoms with Gasteiger partial charge in [-0.3, -0.25) is 4.79 Å². The minimum absolute atomic E-state index is 0.0203. The topological polar surface area (TPSA) is 54.0 Å². The lowest BCUT2D eigenvalue weighted by Gasteiger charge is -2.07.